The van der Waals surface area contributed by atoms with Crippen LogP contribution in [-0.2, 0) is 16.6 Å². The van der Waals surface area contributed by atoms with Crippen molar-refractivity contribution in [1.29, 1.82) is 0 Å². The summed E-state index contributed by atoms with van der Waals surface area (Å²) < 4.78 is 40.9. The number of carbonyl (C=O) groups excluding carboxylic acids is 1. The van der Waals surface area contributed by atoms with Gasteiger partial charge in [0.05, 0.1) is 10.5 Å². The molecule has 144 valence electrons. The van der Waals surface area contributed by atoms with Crippen LogP contribution in [0.3, 0.4) is 0 Å². The summed E-state index contributed by atoms with van der Waals surface area (Å²) in [6, 6.07) is 12.3. The van der Waals surface area contributed by atoms with Crippen molar-refractivity contribution in [3.05, 3.63) is 65.5 Å². The van der Waals surface area contributed by atoms with Crippen molar-refractivity contribution in [3.8, 4) is 0 Å². The molecule has 2 aromatic carbocycles. The number of hydrogen-bond donors (Lipinski definition) is 0. The first-order chi connectivity index (χ1) is 12.9. The molecule has 1 saturated heterocycles. The molecule has 0 N–H and O–H groups in total. The molecule has 0 spiro atoms. The number of nitrogens with zero attached hydrogens (tertiary/aromatic N) is 2. The lowest BCUT2D eigenvalue weighted by molar-refractivity contribution is 0.0781. The maximum atomic E-state index is 13.4. The van der Waals surface area contributed by atoms with Crippen molar-refractivity contribution >= 4 is 15.9 Å². The zero-order valence-electron chi connectivity index (χ0n) is 15.3. The highest BCUT2D eigenvalue weighted by Crippen LogP contribution is 2.24. The SMILES string of the molecule is CN(Cc1cccc(F)c1)C(=O)c1ccccc1S(=O)(=O)N1CCCCC1. The Hall–Kier alpha value is -2.25. The Morgan fingerprint density at radius 3 is 2.48 bits per heavy atom. The topological polar surface area (TPSA) is 57.7 Å². The molecule has 7 heteroatoms. The second-order valence-corrected chi connectivity index (χ2v) is 8.66. The average molecular weight is 390 g/mol. The summed E-state index contributed by atoms with van der Waals surface area (Å²) in [6.45, 7) is 1.14. The van der Waals surface area contributed by atoms with Gasteiger partial charge in [-0.2, -0.15) is 4.31 Å². The molecule has 1 heterocycles. The lowest BCUT2D eigenvalue weighted by Gasteiger charge is -2.27. The monoisotopic (exact) mass is 390 g/mol. The van der Waals surface area contributed by atoms with Gasteiger partial charge in [-0.3, -0.25) is 4.79 Å². The van der Waals surface area contributed by atoms with Crippen molar-refractivity contribution in [2.75, 3.05) is 20.1 Å². The van der Waals surface area contributed by atoms with Gasteiger partial charge in [-0.05, 0) is 42.7 Å². The summed E-state index contributed by atoms with van der Waals surface area (Å²) in [7, 11) is -2.14. The van der Waals surface area contributed by atoms with Crippen LogP contribution in [-0.4, -0.2) is 43.7 Å². The zero-order valence-corrected chi connectivity index (χ0v) is 16.1. The minimum Gasteiger partial charge on any atom is -0.337 e. The third-order valence-electron chi connectivity index (χ3n) is 4.71. The molecular weight excluding hydrogens is 367 g/mol. The van der Waals surface area contributed by atoms with E-state index >= 15 is 0 Å². The summed E-state index contributed by atoms with van der Waals surface area (Å²) in [6.07, 6.45) is 2.67. The predicted octanol–water partition coefficient (Wildman–Crippen LogP) is 3.27. The van der Waals surface area contributed by atoms with Crippen LogP contribution in [0.1, 0.15) is 35.2 Å². The van der Waals surface area contributed by atoms with Gasteiger partial charge in [-0.1, -0.05) is 30.7 Å². The average Bonchev–Trinajstić information content (AvgIpc) is 2.68. The largest absolute Gasteiger partial charge is 0.337 e. The summed E-state index contributed by atoms with van der Waals surface area (Å²) in [5.74, 6) is -0.781. The van der Waals surface area contributed by atoms with Crippen LogP contribution < -0.4 is 0 Å². The number of piperidine rings is 1. The molecule has 1 fully saturated rings. The fraction of sp³-hybridized carbons (Fsp3) is 0.350. The van der Waals surface area contributed by atoms with Crippen LogP contribution in [0.15, 0.2) is 53.4 Å². The maximum absolute atomic E-state index is 13.4. The molecule has 0 unspecified atom stereocenters. The normalized spacial score (nSPS) is 15.5. The van der Waals surface area contributed by atoms with Crippen molar-refractivity contribution in [3.63, 3.8) is 0 Å². The van der Waals surface area contributed by atoms with Gasteiger partial charge in [0.1, 0.15) is 5.82 Å². The number of hydrogen-bond acceptors (Lipinski definition) is 3. The van der Waals surface area contributed by atoms with E-state index in [0.29, 0.717) is 18.7 Å². The second kappa shape index (κ2) is 8.19. The van der Waals surface area contributed by atoms with E-state index in [-0.39, 0.29) is 22.8 Å². The molecule has 1 aliphatic heterocycles. The standard InChI is InChI=1S/C20H23FN2O3S/c1-22(15-16-8-7-9-17(21)14-16)20(24)18-10-3-4-11-19(18)27(25,26)23-12-5-2-6-13-23/h3-4,7-11,14H,2,5-6,12-13,15H2,1H3. The highest BCUT2D eigenvalue weighted by Gasteiger charge is 2.30. The van der Waals surface area contributed by atoms with Gasteiger partial charge in [0.25, 0.3) is 5.91 Å². The van der Waals surface area contributed by atoms with Gasteiger partial charge < -0.3 is 4.90 Å². The number of rotatable bonds is 5. The van der Waals surface area contributed by atoms with E-state index < -0.39 is 15.9 Å². The molecule has 0 saturated carbocycles. The molecule has 27 heavy (non-hydrogen) atoms. The molecule has 0 aliphatic carbocycles. The Morgan fingerprint density at radius 1 is 1.07 bits per heavy atom. The molecule has 1 amide bonds. The molecule has 0 bridgehead atoms. The Bertz CT molecular complexity index is 924. The quantitative estimate of drug-likeness (QED) is 0.787. The van der Waals surface area contributed by atoms with Crippen molar-refractivity contribution in [2.45, 2.75) is 30.7 Å². The number of carbonyl (C=O) groups is 1. The fourth-order valence-corrected chi connectivity index (χ4v) is 5.00. The molecule has 0 aromatic heterocycles. The lowest BCUT2D eigenvalue weighted by atomic mass is 10.1. The van der Waals surface area contributed by atoms with Gasteiger partial charge in [0.15, 0.2) is 0 Å². The van der Waals surface area contributed by atoms with Crippen molar-refractivity contribution < 1.29 is 17.6 Å². The first-order valence-electron chi connectivity index (χ1n) is 8.98. The summed E-state index contributed by atoms with van der Waals surface area (Å²) in [4.78, 5) is 14.4. The van der Waals surface area contributed by atoms with E-state index in [1.165, 1.54) is 33.5 Å². The van der Waals surface area contributed by atoms with Crippen LogP contribution in [0.4, 0.5) is 4.39 Å². The smallest absolute Gasteiger partial charge is 0.255 e. The molecule has 5 nitrogen and oxygen atoms in total. The van der Waals surface area contributed by atoms with E-state index in [1.54, 1.807) is 31.3 Å². The van der Waals surface area contributed by atoms with Crippen molar-refractivity contribution in [1.82, 2.24) is 9.21 Å². The van der Waals surface area contributed by atoms with Gasteiger partial charge in [0.2, 0.25) is 10.0 Å². The van der Waals surface area contributed by atoms with Crippen LogP contribution >= 0.6 is 0 Å². The van der Waals surface area contributed by atoms with Gasteiger partial charge in [-0.25, -0.2) is 12.8 Å². The van der Waals surface area contributed by atoms with E-state index in [0.717, 1.165) is 19.3 Å². The molecule has 2 aromatic rings. The van der Waals surface area contributed by atoms with E-state index in [2.05, 4.69) is 0 Å². The maximum Gasteiger partial charge on any atom is 0.255 e. The Labute approximate surface area is 159 Å². The Morgan fingerprint density at radius 2 is 1.78 bits per heavy atom. The van der Waals surface area contributed by atoms with E-state index in [9.17, 15) is 17.6 Å². The zero-order chi connectivity index (χ0) is 19.4. The third-order valence-corrected chi connectivity index (χ3v) is 6.66. The minimum atomic E-state index is -3.72. The fourth-order valence-electron chi connectivity index (χ4n) is 3.30. The van der Waals surface area contributed by atoms with Gasteiger partial charge >= 0.3 is 0 Å². The highest BCUT2D eigenvalue weighted by atomic mass is 32.2. The Balaban J connectivity index is 1.87. The second-order valence-electron chi connectivity index (χ2n) is 6.75. The molecular formula is C20H23FN2O3S. The molecule has 3 rings (SSSR count). The Kier molecular flexibility index (Phi) is 5.92. The number of sulfonamides is 1. The minimum absolute atomic E-state index is 0.0305. The first kappa shape index (κ1) is 19.5. The van der Waals surface area contributed by atoms with Gasteiger partial charge in [0, 0.05) is 26.7 Å². The summed E-state index contributed by atoms with van der Waals surface area (Å²) in [5.41, 5.74) is 0.782. The van der Waals surface area contributed by atoms with Crippen molar-refractivity contribution in [2.24, 2.45) is 0 Å². The van der Waals surface area contributed by atoms with E-state index in [4.69, 9.17) is 0 Å². The number of amides is 1. The number of benzene rings is 2. The summed E-state index contributed by atoms with van der Waals surface area (Å²) in [5, 5.41) is 0. The first-order valence-corrected chi connectivity index (χ1v) is 10.4. The summed E-state index contributed by atoms with van der Waals surface area (Å²) >= 11 is 0. The van der Waals surface area contributed by atoms with E-state index in [1.807, 2.05) is 0 Å². The number of halogens is 1. The highest BCUT2D eigenvalue weighted by molar-refractivity contribution is 7.89. The lowest BCUT2D eigenvalue weighted by Crippen LogP contribution is -2.37. The van der Waals surface area contributed by atoms with Crippen LogP contribution in [0.25, 0.3) is 0 Å². The molecule has 0 atom stereocenters. The van der Waals surface area contributed by atoms with Crippen LogP contribution in [0.2, 0.25) is 0 Å². The van der Waals surface area contributed by atoms with Crippen LogP contribution in [0, 0.1) is 5.82 Å². The predicted molar refractivity (Wildman–Crippen MR) is 101 cm³/mol. The van der Waals surface area contributed by atoms with Gasteiger partial charge in [-0.15, -0.1) is 0 Å². The molecule has 1 aliphatic rings. The molecule has 0 radical (unpaired) electrons. The third kappa shape index (κ3) is 4.36. The van der Waals surface area contributed by atoms with Crippen LogP contribution in [0.5, 0.6) is 0 Å².